The van der Waals surface area contributed by atoms with Gasteiger partial charge in [-0.05, 0) is 12.1 Å². The van der Waals surface area contributed by atoms with Gasteiger partial charge in [-0.25, -0.2) is 8.42 Å². The minimum absolute atomic E-state index is 0.134. The van der Waals surface area contributed by atoms with Crippen molar-refractivity contribution in [1.82, 2.24) is 5.16 Å². The zero-order valence-electron chi connectivity index (χ0n) is 8.84. The average molecular weight is 317 g/mol. The minimum atomic E-state index is -3.35. The molecule has 2 rings (SSSR count). The van der Waals surface area contributed by atoms with E-state index in [-0.39, 0.29) is 10.8 Å². The lowest BCUT2D eigenvalue weighted by Crippen LogP contribution is -2.00. The Labute approximate surface area is 107 Å². The van der Waals surface area contributed by atoms with Gasteiger partial charge in [0, 0.05) is 22.4 Å². The van der Waals surface area contributed by atoms with E-state index in [4.69, 9.17) is 10.3 Å². The topological polar surface area (TPSA) is 86.2 Å². The predicted octanol–water partition coefficient (Wildman–Crippen LogP) is 2.09. The van der Waals surface area contributed by atoms with Crippen LogP contribution in [-0.2, 0) is 9.84 Å². The number of aromatic nitrogens is 1. The maximum Gasteiger partial charge on any atom is 0.222 e. The molecule has 0 radical (unpaired) electrons. The van der Waals surface area contributed by atoms with E-state index in [2.05, 4.69) is 21.1 Å². The van der Waals surface area contributed by atoms with Gasteiger partial charge in [0.25, 0.3) is 0 Å². The molecule has 90 valence electrons. The molecule has 2 N–H and O–H groups in total. The van der Waals surface area contributed by atoms with Crippen molar-refractivity contribution in [1.29, 1.82) is 0 Å². The minimum Gasteiger partial charge on any atom is -0.368 e. The number of nitrogen functional groups attached to an aromatic ring is 1. The normalized spacial score (nSPS) is 11.6. The van der Waals surface area contributed by atoms with E-state index in [0.29, 0.717) is 15.7 Å². The second-order valence-corrected chi connectivity index (χ2v) is 6.34. The van der Waals surface area contributed by atoms with Crippen molar-refractivity contribution < 1.29 is 12.9 Å². The molecule has 0 atom stereocenters. The molecular formula is C10H9BrN2O3S. The molecule has 17 heavy (non-hydrogen) atoms. The third-order valence-corrected chi connectivity index (χ3v) is 3.96. The number of rotatable bonds is 2. The first-order valence-corrected chi connectivity index (χ1v) is 7.29. The highest BCUT2D eigenvalue weighted by molar-refractivity contribution is 9.10. The van der Waals surface area contributed by atoms with Crippen molar-refractivity contribution in [3.05, 3.63) is 28.7 Å². The molecular weight excluding hydrogens is 308 g/mol. The number of nitrogens with two attached hydrogens (primary N) is 1. The molecule has 0 saturated carbocycles. The molecule has 0 aliphatic rings. The fraction of sp³-hybridized carbons (Fsp3) is 0.100. The summed E-state index contributed by atoms with van der Waals surface area (Å²) < 4.78 is 28.7. The lowest BCUT2D eigenvalue weighted by molar-refractivity contribution is 0.439. The van der Waals surface area contributed by atoms with Crippen molar-refractivity contribution in [3.8, 4) is 11.3 Å². The summed E-state index contributed by atoms with van der Waals surface area (Å²) in [5, 5.41) is 3.73. The number of benzene rings is 1. The molecule has 0 unspecified atom stereocenters. The number of anilines is 1. The number of sulfone groups is 1. The smallest absolute Gasteiger partial charge is 0.222 e. The summed E-state index contributed by atoms with van der Waals surface area (Å²) in [4.78, 5) is 0.181. The lowest BCUT2D eigenvalue weighted by atomic mass is 10.1. The van der Waals surface area contributed by atoms with E-state index in [1.165, 1.54) is 12.1 Å². The second-order valence-electron chi connectivity index (χ2n) is 3.50. The molecule has 0 saturated heterocycles. The molecule has 0 aliphatic carbocycles. The maximum atomic E-state index is 11.7. The molecule has 1 aromatic heterocycles. The van der Waals surface area contributed by atoms with Crippen LogP contribution in [0.25, 0.3) is 11.3 Å². The molecule has 1 aromatic carbocycles. The molecule has 2 aromatic rings. The van der Waals surface area contributed by atoms with Crippen LogP contribution in [0.3, 0.4) is 0 Å². The molecule has 7 heteroatoms. The first-order valence-electron chi connectivity index (χ1n) is 4.61. The van der Waals surface area contributed by atoms with Gasteiger partial charge in [0.2, 0.25) is 5.88 Å². The van der Waals surface area contributed by atoms with E-state index in [9.17, 15) is 8.42 Å². The van der Waals surface area contributed by atoms with Crippen LogP contribution in [0.4, 0.5) is 5.88 Å². The Hall–Kier alpha value is -1.34. The van der Waals surface area contributed by atoms with Crippen LogP contribution < -0.4 is 5.73 Å². The van der Waals surface area contributed by atoms with Crippen LogP contribution in [0.15, 0.2) is 38.2 Å². The number of hydrogen-bond acceptors (Lipinski definition) is 5. The Balaban J connectivity index is 2.76. The molecule has 0 bridgehead atoms. The van der Waals surface area contributed by atoms with Crippen LogP contribution in [0, 0.1) is 0 Å². The van der Waals surface area contributed by atoms with Gasteiger partial charge in [0.1, 0.15) is 5.69 Å². The van der Waals surface area contributed by atoms with E-state index in [0.717, 1.165) is 6.26 Å². The third-order valence-electron chi connectivity index (χ3n) is 2.16. The Bertz CT molecular complexity index is 664. The highest BCUT2D eigenvalue weighted by Crippen LogP contribution is 2.34. The van der Waals surface area contributed by atoms with Crippen LogP contribution in [-0.4, -0.2) is 19.8 Å². The lowest BCUT2D eigenvalue weighted by Gasteiger charge is -2.06. The molecule has 0 amide bonds. The van der Waals surface area contributed by atoms with E-state index < -0.39 is 9.84 Å². The van der Waals surface area contributed by atoms with Crippen LogP contribution >= 0.6 is 15.9 Å². The standard InChI is InChI=1S/C10H9BrN2O3S/c1-17(14,15)8-4-2-3-6(11)10(8)7-5-9(12)16-13-7/h2-5H,12H2,1H3. The van der Waals surface area contributed by atoms with Gasteiger partial charge in [-0.3, -0.25) is 0 Å². The zero-order valence-corrected chi connectivity index (χ0v) is 11.2. The van der Waals surface area contributed by atoms with Gasteiger partial charge in [0.15, 0.2) is 9.84 Å². The van der Waals surface area contributed by atoms with Gasteiger partial charge in [-0.2, -0.15) is 0 Å². The quantitative estimate of drug-likeness (QED) is 0.916. The third kappa shape index (κ3) is 2.34. The Kier molecular flexibility index (Phi) is 2.96. The number of halogens is 1. The zero-order chi connectivity index (χ0) is 12.6. The SMILES string of the molecule is CS(=O)(=O)c1cccc(Br)c1-c1cc(N)on1. The van der Waals surface area contributed by atoms with E-state index in [1.807, 2.05) is 0 Å². The van der Waals surface area contributed by atoms with Gasteiger partial charge in [-0.15, -0.1) is 0 Å². The predicted molar refractivity (Wildman–Crippen MR) is 67.2 cm³/mol. The van der Waals surface area contributed by atoms with Crippen molar-refractivity contribution in [3.63, 3.8) is 0 Å². The monoisotopic (exact) mass is 316 g/mol. The fourth-order valence-electron chi connectivity index (χ4n) is 1.47. The van der Waals surface area contributed by atoms with Crippen molar-refractivity contribution in [2.45, 2.75) is 4.90 Å². The first kappa shape index (κ1) is 12.1. The summed E-state index contributed by atoms with van der Waals surface area (Å²) in [6.45, 7) is 0. The van der Waals surface area contributed by atoms with Crippen LogP contribution in [0.1, 0.15) is 0 Å². The Morgan fingerprint density at radius 2 is 2.12 bits per heavy atom. The molecule has 0 fully saturated rings. The average Bonchev–Trinajstić information content (AvgIpc) is 2.63. The summed E-state index contributed by atoms with van der Waals surface area (Å²) in [6, 6.07) is 6.37. The molecule has 1 heterocycles. The summed E-state index contributed by atoms with van der Waals surface area (Å²) >= 11 is 3.30. The summed E-state index contributed by atoms with van der Waals surface area (Å²) in [7, 11) is -3.35. The van der Waals surface area contributed by atoms with Gasteiger partial charge >= 0.3 is 0 Å². The van der Waals surface area contributed by atoms with E-state index >= 15 is 0 Å². The van der Waals surface area contributed by atoms with Gasteiger partial charge in [0.05, 0.1) is 4.90 Å². The van der Waals surface area contributed by atoms with Crippen molar-refractivity contribution >= 4 is 31.7 Å². The maximum absolute atomic E-state index is 11.7. The highest BCUT2D eigenvalue weighted by Gasteiger charge is 2.19. The molecule has 5 nitrogen and oxygen atoms in total. The summed E-state index contributed by atoms with van der Waals surface area (Å²) in [5.74, 6) is 0.134. The van der Waals surface area contributed by atoms with Crippen molar-refractivity contribution in [2.24, 2.45) is 0 Å². The summed E-state index contributed by atoms with van der Waals surface area (Å²) in [5.41, 5.74) is 6.27. The Morgan fingerprint density at radius 3 is 2.65 bits per heavy atom. The first-order chi connectivity index (χ1) is 7.89. The van der Waals surface area contributed by atoms with Crippen LogP contribution in [0.5, 0.6) is 0 Å². The fourth-order valence-corrected chi connectivity index (χ4v) is 3.08. The van der Waals surface area contributed by atoms with E-state index in [1.54, 1.807) is 12.1 Å². The number of nitrogens with zero attached hydrogens (tertiary/aromatic N) is 1. The summed E-state index contributed by atoms with van der Waals surface area (Å²) in [6.07, 6.45) is 1.14. The Morgan fingerprint density at radius 1 is 1.41 bits per heavy atom. The molecule has 0 aliphatic heterocycles. The molecule has 0 spiro atoms. The largest absolute Gasteiger partial charge is 0.368 e. The number of hydrogen-bond donors (Lipinski definition) is 1. The highest BCUT2D eigenvalue weighted by atomic mass is 79.9. The van der Waals surface area contributed by atoms with Gasteiger partial charge in [-0.1, -0.05) is 27.2 Å². The van der Waals surface area contributed by atoms with Crippen LogP contribution in [0.2, 0.25) is 0 Å². The van der Waals surface area contributed by atoms with Gasteiger partial charge < -0.3 is 10.3 Å². The van der Waals surface area contributed by atoms with Crippen molar-refractivity contribution in [2.75, 3.05) is 12.0 Å². The second kappa shape index (κ2) is 4.15.